The zero-order valence-electron chi connectivity index (χ0n) is 6.97. The van der Waals surface area contributed by atoms with Crippen molar-refractivity contribution in [2.75, 3.05) is 11.4 Å². The van der Waals surface area contributed by atoms with Crippen LogP contribution in [0.15, 0.2) is 45.4 Å². The molecule has 2 heterocycles. The van der Waals surface area contributed by atoms with Gasteiger partial charge in [0.2, 0.25) is 0 Å². The molecule has 0 aromatic heterocycles. The van der Waals surface area contributed by atoms with E-state index in [1.165, 1.54) is 10.6 Å². The van der Waals surface area contributed by atoms with E-state index in [-0.39, 0.29) is 0 Å². The summed E-state index contributed by atoms with van der Waals surface area (Å²) in [4.78, 5) is 7.84. The van der Waals surface area contributed by atoms with Crippen LogP contribution in [0.5, 0.6) is 0 Å². The van der Waals surface area contributed by atoms with Crippen LogP contribution in [0.2, 0.25) is 0 Å². The molecule has 0 N–H and O–H groups in total. The molecule has 1 aromatic carbocycles. The molecule has 0 atom stereocenters. The molecule has 0 spiro atoms. The molecule has 0 unspecified atom stereocenters. The monoisotopic (exact) mass is 188 g/mol. The average Bonchev–Trinajstić information content (AvgIpc) is 2.65. The van der Waals surface area contributed by atoms with Crippen molar-refractivity contribution in [1.29, 1.82) is 0 Å². The molecule has 2 aliphatic rings. The lowest BCUT2D eigenvalue weighted by Gasteiger charge is -2.24. The molecule has 0 saturated heterocycles. The fraction of sp³-hybridized carbons (Fsp3) is 0.100. The topological polar surface area (TPSA) is 15.6 Å². The smallest absolute Gasteiger partial charge is 0.139 e. The average molecular weight is 188 g/mol. The number of hydrogen-bond donors (Lipinski definition) is 0. The van der Waals surface area contributed by atoms with E-state index < -0.39 is 0 Å². The van der Waals surface area contributed by atoms with Crippen LogP contribution >= 0.6 is 11.8 Å². The van der Waals surface area contributed by atoms with Gasteiger partial charge in [-0.15, -0.1) is 0 Å². The molecule has 3 rings (SSSR count). The molecule has 0 amide bonds. The Kier molecular flexibility index (Phi) is 1.46. The van der Waals surface area contributed by atoms with E-state index in [2.05, 4.69) is 39.6 Å². The van der Waals surface area contributed by atoms with Gasteiger partial charge in [0.25, 0.3) is 0 Å². The largest absolute Gasteiger partial charge is 0.319 e. The van der Waals surface area contributed by atoms with Crippen molar-refractivity contribution in [3.63, 3.8) is 0 Å². The van der Waals surface area contributed by atoms with Crippen molar-refractivity contribution < 1.29 is 0 Å². The summed E-state index contributed by atoms with van der Waals surface area (Å²) in [6.07, 6.45) is 1.95. The van der Waals surface area contributed by atoms with Crippen molar-refractivity contribution in [2.24, 2.45) is 4.99 Å². The Balaban J connectivity index is 2.14. The highest BCUT2D eigenvalue weighted by Crippen LogP contribution is 2.39. The minimum atomic E-state index is 0.906. The maximum atomic E-state index is 4.30. The van der Waals surface area contributed by atoms with E-state index >= 15 is 0 Å². The summed E-state index contributed by atoms with van der Waals surface area (Å²) in [5.41, 5.74) is 1.28. The van der Waals surface area contributed by atoms with E-state index in [4.69, 9.17) is 0 Å². The van der Waals surface area contributed by atoms with Gasteiger partial charge in [-0.1, -0.05) is 23.9 Å². The first-order valence-corrected chi connectivity index (χ1v) is 5.09. The summed E-state index contributed by atoms with van der Waals surface area (Å²) >= 11 is 1.75. The number of fused-ring (bicyclic) bond motifs is 3. The number of aliphatic imine (C=N–C) groups is 1. The molecule has 0 bridgehead atoms. The molecular formula is C10H8N2S. The Morgan fingerprint density at radius 3 is 3.23 bits per heavy atom. The molecule has 3 heteroatoms. The molecule has 2 nitrogen and oxygen atoms in total. The lowest BCUT2D eigenvalue weighted by Crippen LogP contribution is -2.20. The molecule has 13 heavy (non-hydrogen) atoms. The summed E-state index contributed by atoms with van der Waals surface area (Å²) in [5, 5.41) is 2.10. The fourth-order valence-corrected chi connectivity index (χ4v) is 2.47. The third-order valence-corrected chi connectivity index (χ3v) is 3.14. The first kappa shape index (κ1) is 7.21. The highest BCUT2D eigenvalue weighted by Gasteiger charge is 2.21. The highest BCUT2D eigenvalue weighted by atomic mass is 32.2. The Bertz CT molecular complexity index is 409. The summed E-state index contributed by atoms with van der Waals surface area (Å²) in [5.74, 6) is 1.07. The van der Waals surface area contributed by atoms with Crippen LogP contribution in [-0.2, 0) is 0 Å². The Morgan fingerprint density at radius 1 is 1.31 bits per heavy atom. The van der Waals surface area contributed by atoms with E-state index in [0.717, 1.165) is 12.4 Å². The van der Waals surface area contributed by atoms with Gasteiger partial charge >= 0.3 is 0 Å². The van der Waals surface area contributed by atoms with Crippen LogP contribution in [0.1, 0.15) is 0 Å². The molecule has 0 saturated carbocycles. The maximum absolute atomic E-state index is 4.30. The van der Waals surface area contributed by atoms with Gasteiger partial charge < -0.3 is 4.90 Å². The van der Waals surface area contributed by atoms with Gasteiger partial charge in [-0.25, -0.2) is 4.99 Å². The second kappa shape index (κ2) is 2.64. The first-order valence-electron chi connectivity index (χ1n) is 4.21. The van der Waals surface area contributed by atoms with E-state index in [1.807, 2.05) is 6.21 Å². The van der Waals surface area contributed by atoms with Crippen LogP contribution in [0, 0.1) is 0 Å². The SMILES string of the molecule is C1=NC2=CSc3ccccc3N2C1. The zero-order valence-corrected chi connectivity index (χ0v) is 7.79. The first-order chi connectivity index (χ1) is 6.45. The van der Waals surface area contributed by atoms with Crippen LogP contribution < -0.4 is 4.90 Å². The van der Waals surface area contributed by atoms with Crippen LogP contribution in [0.25, 0.3) is 0 Å². The van der Waals surface area contributed by atoms with Gasteiger partial charge in [-0.3, -0.25) is 0 Å². The van der Waals surface area contributed by atoms with Gasteiger partial charge in [0.1, 0.15) is 5.82 Å². The Labute approximate surface area is 81.0 Å². The lowest BCUT2D eigenvalue weighted by atomic mass is 10.3. The minimum Gasteiger partial charge on any atom is -0.319 e. The normalized spacial score (nSPS) is 18.2. The zero-order chi connectivity index (χ0) is 8.67. The standard InChI is InChI=1S/C10H8N2S/c1-2-4-9-8(3-1)12-6-5-11-10(12)7-13-9/h1-5,7H,6H2. The summed E-state index contributed by atoms with van der Waals surface area (Å²) in [7, 11) is 0. The van der Waals surface area contributed by atoms with Gasteiger partial charge in [0, 0.05) is 16.5 Å². The van der Waals surface area contributed by atoms with Crippen molar-refractivity contribution in [2.45, 2.75) is 4.90 Å². The quantitative estimate of drug-likeness (QED) is 0.621. The third-order valence-electron chi connectivity index (χ3n) is 2.21. The Hall–Kier alpha value is -1.22. The highest BCUT2D eigenvalue weighted by molar-refractivity contribution is 8.02. The Morgan fingerprint density at radius 2 is 2.23 bits per heavy atom. The third kappa shape index (κ3) is 1.00. The minimum absolute atomic E-state index is 0.906. The number of thioether (sulfide) groups is 1. The van der Waals surface area contributed by atoms with Crippen LogP contribution in [0.4, 0.5) is 5.69 Å². The number of anilines is 1. The maximum Gasteiger partial charge on any atom is 0.139 e. The van der Waals surface area contributed by atoms with Crippen molar-refractivity contribution in [1.82, 2.24) is 0 Å². The van der Waals surface area contributed by atoms with Crippen molar-refractivity contribution in [3.8, 4) is 0 Å². The summed E-state index contributed by atoms with van der Waals surface area (Å²) in [6.45, 7) is 0.906. The molecule has 64 valence electrons. The summed E-state index contributed by atoms with van der Waals surface area (Å²) < 4.78 is 0. The predicted octanol–water partition coefficient (Wildman–Crippen LogP) is 2.48. The van der Waals surface area contributed by atoms with E-state index in [9.17, 15) is 0 Å². The van der Waals surface area contributed by atoms with Crippen LogP contribution in [-0.4, -0.2) is 12.8 Å². The van der Waals surface area contributed by atoms with Crippen molar-refractivity contribution >= 4 is 23.7 Å². The molecule has 0 fully saturated rings. The summed E-state index contributed by atoms with van der Waals surface area (Å²) in [6, 6.07) is 8.43. The second-order valence-corrected chi connectivity index (χ2v) is 3.90. The van der Waals surface area contributed by atoms with Gasteiger partial charge in [-0.2, -0.15) is 0 Å². The van der Waals surface area contributed by atoms with E-state index in [1.54, 1.807) is 11.8 Å². The molecule has 0 aliphatic carbocycles. The number of nitrogens with zero attached hydrogens (tertiary/aromatic N) is 2. The lowest BCUT2D eigenvalue weighted by molar-refractivity contribution is 1.05. The molecule has 2 aliphatic heterocycles. The molecular weight excluding hydrogens is 180 g/mol. The number of para-hydroxylation sites is 1. The molecule has 1 aromatic rings. The predicted molar refractivity (Wildman–Crippen MR) is 56.2 cm³/mol. The molecule has 0 radical (unpaired) electrons. The van der Waals surface area contributed by atoms with Gasteiger partial charge in [-0.05, 0) is 12.1 Å². The van der Waals surface area contributed by atoms with Gasteiger partial charge in [0.15, 0.2) is 0 Å². The number of hydrogen-bond acceptors (Lipinski definition) is 3. The second-order valence-electron chi connectivity index (χ2n) is 2.98. The fourth-order valence-electron chi connectivity index (χ4n) is 1.59. The van der Waals surface area contributed by atoms with E-state index in [0.29, 0.717) is 0 Å². The van der Waals surface area contributed by atoms with Crippen molar-refractivity contribution in [3.05, 3.63) is 35.5 Å². The number of benzene rings is 1. The number of rotatable bonds is 0. The van der Waals surface area contributed by atoms with Gasteiger partial charge in [0.05, 0.1) is 12.2 Å². The van der Waals surface area contributed by atoms with Crippen LogP contribution in [0.3, 0.4) is 0 Å².